The molecule has 2 nitrogen and oxygen atoms in total. The minimum atomic E-state index is -0.368. The maximum absolute atomic E-state index is 9.83. The number of aliphatic hydroxyl groups is 1. The molecule has 0 amide bonds. The molecule has 1 atom stereocenters. The van der Waals surface area contributed by atoms with Crippen LogP contribution in [0.2, 0.25) is 0 Å². The molecule has 0 radical (unpaired) electrons. The van der Waals surface area contributed by atoms with E-state index in [-0.39, 0.29) is 6.10 Å². The molecule has 0 aliphatic carbocycles. The van der Waals surface area contributed by atoms with Crippen molar-refractivity contribution in [2.75, 3.05) is 0 Å². The van der Waals surface area contributed by atoms with Crippen molar-refractivity contribution >= 4 is 0 Å². The summed E-state index contributed by atoms with van der Waals surface area (Å²) in [5.74, 6) is 0. The van der Waals surface area contributed by atoms with Gasteiger partial charge in [0.15, 0.2) is 0 Å². The monoisotopic (exact) mass is 297 g/mol. The average molecular weight is 297 g/mol. The zero-order valence-corrected chi connectivity index (χ0v) is 13.8. The molecule has 1 unspecified atom stereocenters. The van der Waals surface area contributed by atoms with Gasteiger partial charge in [0.1, 0.15) is 0 Å². The van der Waals surface area contributed by atoms with Gasteiger partial charge in [0.2, 0.25) is 0 Å². The van der Waals surface area contributed by atoms with Crippen molar-refractivity contribution in [3.8, 4) is 11.3 Å². The van der Waals surface area contributed by atoms with Gasteiger partial charge >= 0.3 is 0 Å². The van der Waals surface area contributed by atoms with Crippen molar-refractivity contribution in [3.05, 3.63) is 53.7 Å². The number of rotatable bonds is 8. The predicted molar refractivity (Wildman–Crippen MR) is 92.8 cm³/mol. The second-order valence-corrected chi connectivity index (χ2v) is 5.91. The lowest BCUT2D eigenvalue weighted by Gasteiger charge is -2.09. The third-order valence-corrected chi connectivity index (χ3v) is 4.12. The number of nitrogens with zero attached hydrogens (tertiary/aromatic N) is 1. The maximum Gasteiger partial charge on any atom is 0.0787 e. The second-order valence-electron chi connectivity index (χ2n) is 5.91. The van der Waals surface area contributed by atoms with Crippen LogP contribution in [-0.2, 0) is 6.42 Å². The van der Waals surface area contributed by atoms with Gasteiger partial charge in [0.25, 0.3) is 0 Å². The molecule has 22 heavy (non-hydrogen) atoms. The molecule has 0 bridgehead atoms. The van der Waals surface area contributed by atoms with Crippen LogP contribution in [0.4, 0.5) is 0 Å². The van der Waals surface area contributed by atoms with Crippen LogP contribution in [0.3, 0.4) is 0 Å². The second kappa shape index (κ2) is 8.70. The smallest absolute Gasteiger partial charge is 0.0787 e. The van der Waals surface area contributed by atoms with Crippen LogP contribution in [0.25, 0.3) is 11.3 Å². The molecular weight excluding hydrogens is 270 g/mol. The van der Waals surface area contributed by atoms with Gasteiger partial charge in [-0.1, -0.05) is 63.4 Å². The summed E-state index contributed by atoms with van der Waals surface area (Å²) in [7, 11) is 0. The molecule has 1 heterocycles. The fourth-order valence-electron chi connectivity index (χ4n) is 2.61. The van der Waals surface area contributed by atoms with E-state index in [2.05, 4.69) is 24.0 Å². The van der Waals surface area contributed by atoms with Crippen LogP contribution in [-0.4, -0.2) is 10.1 Å². The van der Waals surface area contributed by atoms with Crippen molar-refractivity contribution in [3.63, 3.8) is 0 Å². The standard InChI is InChI=1S/C20H27NO/c1-3-5-6-7-8-16-9-14-19(21-15-16)17-10-12-18(13-11-17)20(22)4-2/h9-15,20,22H,3-8H2,1-2H3. The molecule has 1 aromatic carbocycles. The van der Waals surface area contributed by atoms with Crippen LogP contribution in [0, 0.1) is 0 Å². The van der Waals surface area contributed by atoms with Gasteiger partial charge in [-0.2, -0.15) is 0 Å². The topological polar surface area (TPSA) is 33.1 Å². The minimum Gasteiger partial charge on any atom is -0.388 e. The summed E-state index contributed by atoms with van der Waals surface area (Å²) in [6.45, 7) is 4.22. The largest absolute Gasteiger partial charge is 0.388 e. The Morgan fingerprint density at radius 2 is 1.73 bits per heavy atom. The van der Waals surface area contributed by atoms with Gasteiger partial charge in [0, 0.05) is 11.8 Å². The lowest BCUT2D eigenvalue weighted by Crippen LogP contribution is -1.95. The lowest BCUT2D eigenvalue weighted by atomic mass is 10.0. The Bertz CT molecular complexity index is 545. The van der Waals surface area contributed by atoms with E-state index < -0.39 is 0 Å². The number of hydrogen-bond donors (Lipinski definition) is 1. The summed E-state index contributed by atoms with van der Waals surface area (Å²) >= 11 is 0. The first kappa shape index (κ1) is 16.7. The first-order valence-corrected chi connectivity index (χ1v) is 8.48. The maximum atomic E-state index is 9.83. The highest BCUT2D eigenvalue weighted by atomic mass is 16.3. The SMILES string of the molecule is CCCCCCc1ccc(-c2ccc(C(O)CC)cc2)nc1. The Hall–Kier alpha value is -1.67. The van der Waals surface area contributed by atoms with Gasteiger partial charge in [-0.25, -0.2) is 0 Å². The molecule has 0 saturated heterocycles. The highest BCUT2D eigenvalue weighted by molar-refractivity contribution is 5.59. The summed E-state index contributed by atoms with van der Waals surface area (Å²) < 4.78 is 0. The van der Waals surface area contributed by atoms with Crippen LogP contribution in [0.1, 0.15) is 63.2 Å². The summed E-state index contributed by atoms with van der Waals surface area (Å²) in [6, 6.07) is 12.3. The third kappa shape index (κ3) is 4.67. The summed E-state index contributed by atoms with van der Waals surface area (Å²) in [4.78, 5) is 4.58. The first-order chi connectivity index (χ1) is 10.7. The van der Waals surface area contributed by atoms with Crippen molar-refractivity contribution in [2.45, 2.75) is 58.5 Å². The van der Waals surface area contributed by atoms with Gasteiger partial charge in [-0.05, 0) is 36.5 Å². The predicted octanol–water partition coefficient (Wildman–Crippen LogP) is 5.31. The molecule has 2 rings (SSSR count). The lowest BCUT2D eigenvalue weighted by molar-refractivity contribution is 0.173. The molecule has 0 saturated carbocycles. The minimum absolute atomic E-state index is 0.368. The summed E-state index contributed by atoms with van der Waals surface area (Å²) in [6.07, 6.45) is 8.64. The number of aryl methyl sites for hydroxylation is 1. The normalized spacial score (nSPS) is 12.3. The van der Waals surface area contributed by atoms with E-state index in [9.17, 15) is 5.11 Å². The van der Waals surface area contributed by atoms with Crippen LogP contribution < -0.4 is 0 Å². The van der Waals surface area contributed by atoms with Gasteiger partial charge in [-0.15, -0.1) is 0 Å². The van der Waals surface area contributed by atoms with E-state index in [1.165, 1.54) is 31.2 Å². The molecule has 1 aromatic heterocycles. The number of pyridine rings is 1. The number of aliphatic hydroxyl groups excluding tert-OH is 1. The number of aromatic nitrogens is 1. The van der Waals surface area contributed by atoms with E-state index in [4.69, 9.17) is 0 Å². The molecule has 0 spiro atoms. The van der Waals surface area contributed by atoms with Crippen LogP contribution in [0.15, 0.2) is 42.6 Å². The summed E-state index contributed by atoms with van der Waals surface area (Å²) in [5.41, 5.74) is 4.39. The quantitative estimate of drug-likeness (QED) is 0.669. The molecule has 2 heteroatoms. The highest BCUT2D eigenvalue weighted by Gasteiger charge is 2.05. The average Bonchev–Trinajstić information content (AvgIpc) is 2.59. The van der Waals surface area contributed by atoms with Crippen LogP contribution in [0.5, 0.6) is 0 Å². The van der Waals surface area contributed by atoms with Crippen molar-refractivity contribution < 1.29 is 5.11 Å². The zero-order valence-electron chi connectivity index (χ0n) is 13.8. The molecule has 2 aromatic rings. The van der Waals surface area contributed by atoms with Gasteiger partial charge in [0.05, 0.1) is 11.8 Å². The third-order valence-electron chi connectivity index (χ3n) is 4.12. The molecule has 1 N–H and O–H groups in total. The van der Waals surface area contributed by atoms with Crippen molar-refractivity contribution in [1.29, 1.82) is 0 Å². The number of hydrogen-bond acceptors (Lipinski definition) is 2. The zero-order chi connectivity index (χ0) is 15.8. The van der Waals surface area contributed by atoms with Crippen molar-refractivity contribution in [1.82, 2.24) is 4.98 Å². The Morgan fingerprint density at radius 1 is 0.955 bits per heavy atom. The fourth-order valence-corrected chi connectivity index (χ4v) is 2.61. The van der Waals surface area contributed by atoms with Crippen LogP contribution >= 0.6 is 0 Å². The van der Waals surface area contributed by atoms with E-state index in [1.54, 1.807) is 0 Å². The summed E-state index contributed by atoms with van der Waals surface area (Å²) in [5, 5.41) is 9.83. The van der Waals surface area contributed by atoms with Crippen molar-refractivity contribution in [2.24, 2.45) is 0 Å². The molecule has 0 aliphatic heterocycles. The molecule has 0 aliphatic rings. The van der Waals surface area contributed by atoms with Gasteiger partial charge in [-0.3, -0.25) is 4.98 Å². The molecule has 0 fully saturated rings. The Kier molecular flexibility index (Phi) is 6.60. The van der Waals surface area contributed by atoms with Gasteiger partial charge < -0.3 is 5.11 Å². The molecular formula is C20H27NO. The molecule has 118 valence electrons. The number of benzene rings is 1. The Morgan fingerprint density at radius 3 is 2.32 bits per heavy atom. The Labute approximate surface area is 134 Å². The number of unbranched alkanes of at least 4 members (excludes halogenated alkanes) is 3. The first-order valence-electron chi connectivity index (χ1n) is 8.48. The van der Waals surface area contributed by atoms with E-state index >= 15 is 0 Å². The Balaban J connectivity index is 1.97. The van der Waals surface area contributed by atoms with E-state index in [0.717, 1.165) is 29.7 Å². The highest BCUT2D eigenvalue weighted by Crippen LogP contribution is 2.22. The van der Waals surface area contributed by atoms with E-state index in [1.807, 2.05) is 37.4 Å². The van der Waals surface area contributed by atoms with E-state index in [0.29, 0.717) is 0 Å². The fraction of sp³-hybridized carbons (Fsp3) is 0.450.